The first-order chi connectivity index (χ1) is 11.6. The number of amides is 1. The Labute approximate surface area is 140 Å². The quantitative estimate of drug-likeness (QED) is 0.890. The van der Waals surface area contributed by atoms with Crippen molar-refractivity contribution in [2.75, 3.05) is 13.1 Å². The minimum atomic E-state index is -0.400. The van der Waals surface area contributed by atoms with E-state index in [1.54, 1.807) is 11.6 Å². The van der Waals surface area contributed by atoms with Crippen LogP contribution in [0.1, 0.15) is 29.5 Å². The zero-order valence-electron chi connectivity index (χ0n) is 14.0. The third-order valence-corrected chi connectivity index (χ3v) is 4.43. The van der Waals surface area contributed by atoms with Gasteiger partial charge in [-0.15, -0.1) is 0 Å². The molecule has 1 aromatic carbocycles. The van der Waals surface area contributed by atoms with Gasteiger partial charge in [-0.1, -0.05) is 25.1 Å². The number of carbonyl (C=O) groups excluding carboxylic acids is 1. The number of nitrogens with zero attached hydrogens (tertiary/aromatic N) is 2. The van der Waals surface area contributed by atoms with Crippen molar-refractivity contribution in [2.24, 2.45) is 5.92 Å². The van der Waals surface area contributed by atoms with Gasteiger partial charge in [0.15, 0.2) is 5.69 Å². The first-order valence-electron chi connectivity index (χ1n) is 8.24. The Morgan fingerprint density at radius 2 is 2.08 bits per heavy atom. The number of rotatable bonds is 3. The molecular weight excluding hydrogens is 304 g/mol. The van der Waals surface area contributed by atoms with E-state index in [2.05, 4.69) is 22.7 Å². The molecule has 0 aliphatic carbocycles. The van der Waals surface area contributed by atoms with Gasteiger partial charge in [0.1, 0.15) is 0 Å². The molecule has 0 radical (unpaired) electrons. The minimum Gasteiger partial charge on any atom is -0.347 e. The Balaban J connectivity index is 1.90. The number of hydrogen-bond donors (Lipinski definition) is 2. The smallest absolute Gasteiger partial charge is 0.276 e. The lowest BCUT2D eigenvalue weighted by Crippen LogP contribution is -2.49. The number of para-hydroxylation sites is 1. The maximum absolute atomic E-state index is 12.6. The molecule has 2 atom stereocenters. The van der Waals surface area contributed by atoms with E-state index in [1.165, 1.54) is 6.07 Å². The molecule has 2 unspecified atom stereocenters. The summed E-state index contributed by atoms with van der Waals surface area (Å²) in [6, 6.07) is 11.0. The van der Waals surface area contributed by atoms with Crippen LogP contribution in [0.15, 0.2) is 41.2 Å². The Morgan fingerprint density at radius 1 is 1.33 bits per heavy atom. The largest absolute Gasteiger partial charge is 0.347 e. The number of aromatic nitrogens is 2. The zero-order chi connectivity index (χ0) is 17.1. The van der Waals surface area contributed by atoms with E-state index >= 15 is 0 Å². The second-order valence-corrected chi connectivity index (χ2v) is 6.30. The average molecular weight is 326 g/mol. The molecule has 6 heteroatoms. The Hall–Kier alpha value is -2.47. The fourth-order valence-corrected chi connectivity index (χ4v) is 3.00. The molecule has 1 amide bonds. The van der Waals surface area contributed by atoms with Crippen LogP contribution in [-0.2, 0) is 0 Å². The molecule has 0 spiro atoms. The topological polar surface area (TPSA) is 76.0 Å². The number of aryl methyl sites for hydroxylation is 1. The SMILES string of the molecule is Cc1cc(=O)c(C(=O)NC2CCNCC2C)nn1-c1ccccc1. The lowest BCUT2D eigenvalue weighted by molar-refractivity contribution is 0.0906. The first kappa shape index (κ1) is 16.4. The molecule has 1 fully saturated rings. The Bertz CT molecular complexity index is 785. The van der Waals surface area contributed by atoms with Crippen LogP contribution in [0.25, 0.3) is 5.69 Å². The minimum absolute atomic E-state index is 0.0600. The zero-order valence-corrected chi connectivity index (χ0v) is 14.0. The van der Waals surface area contributed by atoms with Crippen LogP contribution < -0.4 is 16.1 Å². The van der Waals surface area contributed by atoms with Gasteiger partial charge in [0.2, 0.25) is 5.43 Å². The van der Waals surface area contributed by atoms with Crippen LogP contribution in [0.2, 0.25) is 0 Å². The van der Waals surface area contributed by atoms with Crippen molar-refractivity contribution in [2.45, 2.75) is 26.3 Å². The van der Waals surface area contributed by atoms with Crippen molar-refractivity contribution in [3.63, 3.8) is 0 Å². The van der Waals surface area contributed by atoms with Crippen molar-refractivity contribution >= 4 is 5.91 Å². The van der Waals surface area contributed by atoms with Crippen molar-refractivity contribution in [1.29, 1.82) is 0 Å². The van der Waals surface area contributed by atoms with Crippen LogP contribution in [0.4, 0.5) is 0 Å². The maximum atomic E-state index is 12.6. The summed E-state index contributed by atoms with van der Waals surface area (Å²) in [5.41, 5.74) is 1.10. The van der Waals surface area contributed by atoms with Crippen LogP contribution in [-0.4, -0.2) is 34.8 Å². The van der Waals surface area contributed by atoms with Crippen LogP contribution in [0.5, 0.6) is 0 Å². The molecule has 126 valence electrons. The van der Waals surface area contributed by atoms with Gasteiger partial charge >= 0.3 is 0 Å². The summed E-state index contributed by atoms with van der Waals surface area (Å²) in [7, 11) is 0. The Kier molecular flexibility index (Phi) is 4.76. The summed E-state index contributed by atoms with van der Waals surface area (Å²) >= 11 is 0. The summed E-state index contributed by atoms with van der Waals surface area (Å²) in [4.78, 5) is 24.8. The molecule has 24 heavy (non-hydrogen) atoms. The fourth-order valence-electron chi connectivity index (χ4n) is 3.00. The molecule has 0 saturated carbocycles. The molecule has 1 aliphatic heterocycles. The number of benzene rings is 1. The summed E-state index contributed by atoms with van der Waals surface area (Å²) in [6.45, 7) is 5.62. The van der Waals surface area contributed by atoms with E-state index in [1.807, 2.05) is 30.3 Å². The second-order valence-electron chi connectivity index (χ2n) is 6.30. The summed E-state index contributed by atoms with van der Waals surface area (Å²) < 4.78 is 1.63. The molecule has 2 aromatic rings. The molecule has 1 saturated heterocycles. The van der Waals surface area contributed by atoms with Crippen LogP contribution in [0.3, 0.4) is 0 Å². The van der Waals surface area contributed by atoms with Gasteiger partial charge in [-0.05, 0) is 44.5 Å². The van der Waals surface area contributed by atoms with Gasteiger partial charge in [-0.2, -0.15) is 5.10 Å². The maximum Gasteiger partial charge on any atom is 0.276 e. The predicted molar refractivity (Wildman–Crippen MR) is 92.5 cm³/mol. The molecule has 1 aliphatic rings. The molecule has 3 rings (SSSR count). The van der Waals surface area contributed by atoms with E-state index in [0.29, 0.717) is 11.6 Å². The average Bonchev–Trinajstić information content (AvgIpc) is 2.58. The highest BCUT2D eigenvalue weighted by Crippen LogP contribution is 2.11. The summed E-state index contributed by atoms with van der Waals surface area (Å²) in [5.74, 6) is -0.0760. The standard InChI is InChI=1S/C18H22N4O2/c1-12-11-19-9-8-15(12)20-18(24)17-16(23)10-13(2)22(21-17)14-6-4-3-5-7-14/h3-7,10,12,15,19H,8-9,11H2,1-2H3,(H,20,24). The first-order valence-corrected chi connectivity index (χ1v) is 8.24. The highest BCUT2D eigenvalue weighted by atomic mass is 16.2. The number of piperidine rings is 1. The van der Waals surface area contributed by atoms with Crippen LogP contribution >= 0.6 is 0 Å². The van der Waals surface area contributed by atoms with E-state index in [9.17, 15) is 9.59 Å². The van der Waals surface area contributed by atoms with E-state index in [-0.39, 0.29) is 17.2 Å². The van der Waals surface area contributed by atoms with Gasteiger partial charge in [0.05, 0.1) is 5.69 Å². The van der Waals surface area contributed by atoms with E-state index in [0.717, 1.165) is 25.2 Å². The molecule has 6 nitrogen and oxygen atoms in total. The molecule has 1 aromatic heterocycles. The lowest BCUT2D eigenvalue weighted by atomic mass is 9.95. The van der Waals surface area contributed by atoms with Crippen molar-refractivity contribution in [3.05, 3.63) is 58.0 Å². The monoisotopic (exact) mass is 326 g/mol. The highest BCUT2D eigenvalue weighted by molar-refractivity contribution is 5.92. The molecule has 2 N–H and O–H groups in total. The number of hydrogen-bond acceptors (Lipinski definition) is 4. The molecule has 2 heterocycles. The van der Waals surface area contributed by atoms with E-state index < -0.39 is 5.91 Å². The Morgan fingerprint density at radius 3 is 2.79 bits per heavy atom. The molecule has 0 bridgehead atoms. The predicted octanol–water partition coefficient (Wildman–Crippen LogP) is 1.27. The third kappa shape index (κ3) is 3.38. The third-order valence-electron chi connectivity index (χ3n) is 4.43. The van der Waals surface area contributed by atoms with Gasteiger partial charge < -0.3 is 10.6 Å². The normalized spacial score (nSPS) is 20.6. The van der Waals surface area contributed by atoms with Gasteiger partial charge in [-0.25, -0.2) is 4.68 Å². The van der Waals surface area contributed by atoms with E-state index in [4.69, 9.17) is 0 Å². The van der Waals surface area contributed by atoms with Gasteiger partial charge in [0.25, 0.3) is 5.91 Å². The molecular formula is C18H22N4O2. The second kappa shape index (κ2) is 6.97. The number of carbonyl (C=O) groups is 1. The lowest BCUT2D eigenvalue weighted by Gasteiger charge is -2.30. The highest BCUT2D eigenvalue weighted by Gasteiger charge is 2.25. The summed E-state index contributed by atoms with van der Waals surface area (Å²) in [6.07, 6.45) is 0.853. The van der Waals surface area contributed by atoms with Crippen LogP contribution in [0, 0.1) is 12.8 Å². The fraction of sp³-hybridized carbons (Fsp3) is 0.389. The van der Waals surface area contributed by atoms with Gasteiger partial charge in [0, 0.05) is 17.8 Å². The summed E-state index contributed by atoms with van der Waals surface area (Å²) in [5, 5.41) is 10.6. The number of nitrogens with one attached hydrogen (secondary N) is 2. The van der Waals surface area contributed by atoms with Crippen molar-refractivity contribution < 1.29 is 4.79 Å². The van der Waals surface area contributed by atoms with Crippen molar-refractivity contribution in [3.8, 4) is 5.69 Å². The van der Waals surface area contributed by atoms with Crippen molar-refractivity contribution in [1.82, 2.24) is 20.4 Å². The van der Waals surface area contributed by atoms with Gasteiger partial charge in [-0.3, -0.25) is 9.59 Å².